The van der Waals surface area contributed by atoms with Crippen molar-refractivity contribution in [1.29, 1.82) is 5.26 Å². The Kier molecular flexibility index (Phi) is 4.62. The molecule has 0 aliphatic rings. The molecule has 0 amide bonds. The molecule has 0 fully saturated rings. The van der Waals surface area contributed by atoms with Crippen molar-refractivity contribution in [3.63, 3.8) is 0 Å². The minimum absolute atomic E-state index is 0.218. The summed E-state index contributed by atoms with van der Waals surface area (Å²) < 4.78 is 6.00. The molecule has 124 valence electrons. The highest BCUT2D eigenvalue weighted by atomic mass is 16.5. The van der Waals surface area contributed by atoms with Crippen LogP contribution in [0.5, 0.6) is 11.5 Å². The molecule has 3 rings (SSSR count). The van der Waals surface area contributed by atoms with Gasteiger partial charge >= 0.3 is 0 Å². The van der Waals surface area contributed by atoms with Crippen LogP contribution >= 0.6 is 0 Å². The Labute approximate surface area is 145 Å². The fourth-order valence-electron chi connectivity index (χ4n) is 2.54. The summed E-state index contributed by atoms with van der Waals surface area (Å²) in [6.45, 7) is 3.90. The standard InChI is InChI=1S/C20H17N3O2/c1-13-7-16(12-21)10-18(8-13)25-19-11-15(4-3-14(19)2)9-17-5-6-20(24)23-22-17/h3-8,10-11H,9H2,1-2H3,(H,23,24). The molecule has 0 saturated heterocycles. The normalized spacial score (nSPS) is 10.3. The van der Waals surface area contributed by atoms with Crippen molar-refractivity contribution in [2.75, 3.05) is 0 Å². The van der Waals surface area contributed by atoms with Gasteiger partial charge in [0, 0.05) is 12.5 Å². The van der Waals surface area contributed by atoms with Gasteiger partial charge in [-0.05, 0) is 60.9 Å². The molecule has 3 aromatic rings. The van der Waals surface area contributed by atoms with Gasteiger partial charge in [-0.3, -0.25) is 4.79 Å². The van der Waals surface area contributed by atoms with Crippen molar-refractivity contribution in [3.05, 3.63) is 86.8 Å². The molecule has 5 nitrogen and oxygen atoms in total. The van der Waals surface area contributed by atoms with E-state index in [9.17, 15) is 4.79 Å². The highest BCUT2D eigenvalue weighted by Gasteiger charge is 2.07. The number of H-pyrrole nitrogens is 1. The average molecular weight is 331 g/mol. The number of ether oxygens (including phenoxy) is 1. The molecule has 2 aromatic carbocycles. The molecular formula is C20H17N3O2. The minimum Gasteiger partial charge on any atom is -0.457 e. The van der Waals surface area contributed by atoms with E-state index in [-0.39, 0.29) is 5.56 Å². The van der Waals surface area contributed by atoms with Crippen LogP contribution < -0.4 is 10.3 Å². The summed E-state index contributed by atoms with van der Waals surface area (Å²) in [5.74, 6) is 1.37. The number of aromatic nitrogens is 2. The van der Waals surface area contributed by atoms with Crippen molar-refractivity contribution in [2.24, 2.45) is 0 Å². The largest absolute Gasteiger partial charge is 0.457 e. The lowest BCUT2D eigenvalue weighted by atomic mass is 10.1. The van der Waals surface area contributed by atoms with E-state index in [0.717, 1.165) is 28.1 Å². The fourth-order valence-corrected chi connectivity index (χ4v) is 2.54. The maximum Gasteiger partial charge on any atom is 0.264 e. The zero-order valence-electron chi connectivity index (χ0n) is 14.0. The highest BCUT2D eigenvalue weighted by Crippen LogP contribution is 2.28. The number of aryl methyl sites for hydroxylation is 2. The van der Waals surface area contributed by atoms with E-state index in [4.69, 9.17) is 10.00 Å². The first-order valence-corrected chi connectivity index (χ1v) is 7.87. The fraction of sp³-hybridized carbons (Fsp3) is 0.150. The van der Waals surface area contributed by atoms with Gasteiger partial charge in [-0.25, -0.2) is 5.10 Å². The Morgan fingerprint density at radius 1 is 1.12 bits per heavy atom. The van der Waals surface area contributed by atoms with E-state index >= 15 is 0 Å². The molecular weight excluding hydrogens is 314 g/mol. The van der Waals surface area contributed by atoms with Gasteiger partial charge in [0.25, 0.3) is 5.56 Å². The van der Waals surface area contributed by atoms with Crippen LogP contribution in [0.25, 0.3) is 0 Å². The topological polar surface area (TPSA) is 78.8 Å². The summed E-state index contributed by atoms with van der Waals surface area (Å²) in [6, 6.07) is 16.7. The molecule has 1 aromatic heterocycles. The second-order valence-corrected chi connectivity index (χ2v) is 5.94. The summed E-state index contributed by atoms with van der Waals surface area (Å²) in [7, 11) is 0. The Hall–Kier alpha value is -3.39. The van der Waals surface area contributed by atoms with Crippen LogP contribution in [-0.2, 0) is 6.42 Å². The number of benzene rings is 2. The number of nitrogens with zero attached hydrogens (tertiary/aromatic N) is 2. The maximum atomic E-state index is 11.1. The number of nitriles is 1. The van der Waals surface area contributed by atoms with Crippen molar-refractivity contribution < 1.29 is 4.74 Å². The first-order valence-electron chi connectivity index (χ1n) is 7.87. The van der Waals surface area contributed by atoms with Crippen LogP contribution in [0.4, 0.5) is 0 Å². The lowest BCUT2D eigenvalue weighted by Crippen LogP contribution is -2.07. The quantitative estimate of drug-likeness (QED) is 0.791. The van der Waals surface area contributed by atoms with Crippen molar-refractivity contribution >= 4 is 0 Å². The molecule has 1 N–H and O–H groups in total. The number of aromatic amines is 1. The number of hydrogen-bond donors (Lipinski definition) is 1. The molecule has 0 aliphatic carbocycles. The lowest BCUT2D eigenvalue weighted by Gasteiger charge is -2.11. The van der Waals surface area contributed by atoms with Gasteiger partial charge in [0.05, 0.1) is 17.3 Å². The van der Waals surface area contributed by atoms with Crippen LogP contribution in [0, 0.1) is 25.2 Å². The van der Waals surface area contributed by atoms with Crippen LogP contribution in [0.1, 0.15) is 27.9 Å². The SMILES string of the molecule is Cc1cc(C#N)cc(Oc2cc(Cc3ccc(=O)[nH]n3)ccc2C)c1. The van der Waals surface area contributed by atoms with E-state index in [0.29, 0.717) is 17.7 Å². The minimum atomic E-state index is -0.218. The van der Waals surface area contributed by atoms with E-state index < -0.39 is 0 Å². The second-order valence-electron chi connectivity index (χ2n) is 5.94. The Morgan fingerprint density at radius 3 is 2.68 bits per heavy atom. The van der Waals surface area contributed by atoms with Gasteiger partial charge in [0.1, 0.15) is 11.5 Å². The summed E-state index contributed by atoms with van der Waals surface area (Å²) in [5, 5.41) is 15.6. The molecule has 0 saturated carbocycles. The molecule has 5 heteroatoms. The lowest BCUT2D eigenvalue weighted by molar-refractivity contribution is 0.477. The Bertz CT molecular complexity index is 996. The molecule has 0 atom stereocenters. The van der Waals surface area contributed by atoms with E-state index in [2.05, 4.69) is 16.3 Å². The Morgan fingerprint density at radius 2 is 1.96 bits per heavy atom. The number of nitrogens with one attached hydrogen (secondary N) is 1. The predicted molar refractivity (Wildman–Crippen MR) is 94.8 cm³/mol. The summed E-state index contributed by atoms with van der Waals surface area (Å²) in [4.78, 5) is 11.1. The van der Waals surface area contributed by atoms with Crippen LogP contribution in [0.2, 0.25) is 0 Å². The third-order valence-corrected chi connectivity index (χ3v) is 3.78. The second kappa shape index (κ2) is 7.02. The molecule has 0 bridgehead atoms. The van der Waals surface area contributed by atoms with E-state index in [1.165, 1.54) is 6.07 Å². The predicted octanol–water partition coefficient (Wildman–Crippen LogP) is 3.64. The molecule has 0 radical (unpaired) electrons. The van der Waals surface area contributed by atoms with E-state index in [1.807, 2.05) is 44.2 Å². The molecule has 0 unspecified atom stereocenters. The van der Waals surface area contributed by atoms with Gasteiger partial charge in [-0.2, -0.15) is 10.4 Å². The molecule has 1 heterocycles. The maximum absolute atomic E-state index is 11.1. The zero-order valence-corrected chi connectivity index (χ0v) is 14.0. The first kappa shape index (κ1) is 16.5. The monoisotopic (exact) mass is 331 g/mol. The third kappa shape index (κ3) is 4.12. The van der Waals surface area contributed by atoms with Gasteiger partial charge in [0.2, 0.25) is 0 Å². The molecule has 0 spiro atoms. The zero-order chi connectivity index (χ0) is 17.8. The highest BCUT2D eigenvalue weighted by molar-refractivity contribution is 5.45. The average Bonchev–Trinajstić information content (AvgIpc) is 2.59. The van der Waals surface area contributed by atoms with Gasteiger partial charge in [-0.15, -0.1) is 0 Å². The molecule has 25 heavy (non-hydrogen) atoms. The van der Waals surface area contributed by atoms with Crippen molar-refractivity contribution in [1.82, 2.24) is 10.2 Å². The smallest absolute Gasteiger partial charge is 0.264 e. The van der Waals surface area contributed by atoms with Gasteiger partial charge in [-0.1, -0.05) is 12.1 Å². The third-order valence-electron chi connectivity index (χ3n) is 3.78. The van der Waals surface area contributed by atoms with Crippen LogP contribution in [0.3, 0.4) is 0 Å². The van der Waals surface area contributed by atoms with Crippen LogP contribution in [-0.4, -0.2) is 10.2 Å². The van der Waals surface area contributed by atoms with Crippen LogP contribution in [0.15, 0.2) is 53.3 Å². The first-order chi connectivity index (χ1) is 12.0. The van der Waals surface area contributed by atoms with Crippen molar-refractivity contribution in [3.8, 4) is 17.6 Å². The summed E-state index contributed by atoms with van der Waals surface area (Å²) in [5.41, 5.74) is 4.12. The summed E-state index contributed by atoms with van der Waals surface area (Å²) in [6.07, 6.45) is 0.588. The summed E-state index contributed by atoms with van der Waals surface area (Å²) >= 11 is 0. The van der Waals surface area contributed by atoms with Gasteiger partial charge < -0.3 is 4.74 Å². The van der Waals surface area contributed by atoms with Crippen molar-refractivity contribution in [2.45, 2.75) is 20.3 Å². The number of rotatable bonds is 4. The molecule has 0 aliphatic heterocycles. The van der Waals surface area contributed by atoms with E-state index in [1.54, 1.807) is 12.1 Å². The Balaban J connectivity index is 1.87. The number of hydrogen-bond acceptors (Lipinski definition) is 4. The van der Waals surface area contributed by atoms with Gasteiger partial charge in [0.15, 0.2) is 0 Å².